The average Bonchev–Trinajstić information content (AvgIpc) is 3.45. The van der Waals surface area contributed by atoms with E-state index in [1.54, 1.807) is 0 Å². The predicted molar refractivity (Wildman–Crippen MR) is 112 cm³/mol. The van der Waals surface area contributed by atoms with Crippen molar-refractivity contribution in [1.82, 2.24) is 24.6 Å². The Kier molecular flexibility index (Phi) is 5.01. The minimum Gasteiger partial charge on any atom is -0.355 e. The molecule has 7 nitrogen and oxygen atoms in total. The average molecular weight is 441 g/mol. The third kappa shape index (κ3) is 4.12. The number of rotatable bonds is 4. The van der Waals surface area contributed by atoms with E-state index in [1.807, 2.05) is 24.3 Å². The molecule has 0 radical (unpaired) electrons. The number of alkyl halides is 3. The van der Waals surface area contributed by atoms with Gasteiger partial charge in [-0.25, -0.2) is 9.97 Å². The minimum atomic E-state index is -4.34. The quantitative estimate of drug-likeness (QED) is 0.618. The Balaban J connectivity index is 1.30. The second-order valence-electron chi connectivity index (χ2n) is 8.82. The molecule has 0 N–H and O–H groups in total. The summed E-state index contributed by atoms with van der Waals surface area (Å²) in [7, 11) is 0. The molecule has 1 unspecified atom stereocenters. The van der Waals surface area contributed by atoms with Crippen LogP contribution in [-0.4, -0.2) is 57.0 Å². The van der Waals surface area contributed by atoms with E-state index in [0.717, 1.165) is 55.8 Å². The van der Waals surface area contributed by atoms with Crippen LogP contribution in [0.15, 0.2) is 36.8 Å². The molecule has 10 heteroatoms. The van der Waals surface area contributed by atoms with Crippen molar-refractivity contribution in [2.24, 2.45) is 5.41 Å². The van der Waals surface area contributed by atoms with Gasteiger partial charge in [0, 0.05) is 37.8 Å². The summed E-state index contributed by atoms with van der Waals surface area (Å²) in [6, 6.07) is 9.89. The molecule has 2 aliphatic rings. The van der Waals surface area contributed by atoms with Gasteiger partial charge in [0.1, 0.15) is 18.7 Å². The van der Waals surface area contributed by atoms with Crippen molar-refractivity contribution in [3.8, 4) is 6.07 Å². The Morgan fingerprint density at radius 1 is 1.12 bits per heavy atom. The Hall–Kier alpha value is -3.19. The van der Waals surface area contributed by atoms with Gasteiger partial charge < -0.3 is 4.90 Å². The van der Waals surface area contributed by atoms with Crippen molar-refractivity contribution in [1.29, 1.82) is 5.26 Å². The number of likely N-dealkylation sites (tertiary alicyclic amines) is 1. The summed E-state index contributed by atoms with van der Waals surface area (Å²) in [4.78, 5) is 13.0. The van der Waals surface area contributed by atoms with Gasteiger partial charge in [-0.15, -0.1) is 0 Å². The third-order valence-electron chi connectivity index (χ3n) is 6.40. The number of halogens is 3. The predicted octanol–water partition coefficient (Wildman–Crippen LogP) is 3.36. The number of anilines is 1. The molecule has 2 saturated heterocycles. The van der Waals surface area contributed by atoms with Crippen LogP contribution in [0.1, 0.15) is 24.0 Å². The first-order valence-electron chi connectivity index (χ1n) is 10.5. The molecule has 0 bridgehead atoms. The normalized spacial score (nSPS) is 21.6. The lowest BCUT2D eigenvalue weighted by Crippen LogP contribution is -2.31. The van der Waals surface area contributed by atoms with Crippen LogP contribution >= 0.6 is 0 Å². The van der Waals surface area contributed by atoms with E-state index in [-0.39, 0.29) is 11.1 Å². The van der Waals surface area contributed by atoms with Crippen molar-refractivity contribution in [3.63, 3.8) is 0 Å². The number of nitrogens with zero attached hydrogens (tertiary/aromatic N) is 7. The minimum absolute atomic E-state index is 0.131. The molecule has 1 atom stereocenters. The van der Waals surface area contributed by atoms with Crippen LogP contribution in [0.3, 0.4) is 0 Å². The zero-order chi connectivity index (χ0) is 22.3. The van der Waals surface area contributed by atoms with Gasteiger partial charge in [0.25, 0.3) is 0 Å². The molecule has 5 rings (SSSR count). The monoisotopic (exact) mass is 441 g/mol. The summed E-state index contributed by atoms with van der Waals surface area (Å²) in [6.07, 6.45) is 0.489. The van der Waals surface area contributed by atoms with Crippen LogP contribution in [0.2, 0.25) is 0 Å². The summed E-state index contributed by atoms with van der Waals surface area (Å²) in [5, 5.41) is 13.7. The van der Waals surface area contributed by atoms with Crippen molar-refractivity contribution < 1.29 is 13.2 Å². The van der Waals surface area contributed by atoms with Crippen molar-refractivity contribution in [2.45, 2.75) is 32.1 Å². The van der Waals surface area contributed by atoms with Gasteiger partial charge in [0.15, 0.2) is 5.65 Å². The summed E-state index contributed by atoms with van der Waals surface area (Å²) < 4.78 is 39.2. The van der Waals surface area contributed by atoms with E-state index in [0.29, 0.717) is 16.8 Å². The fourth-order valence-corrected chi connectivity index (χ4v) is 5.00. The van der Waals surface area contributed by atoms with E-state index < -0.39 is 12.7 Å². The van der Waals surface area contributed by atoms with Gasteiger partial charge in [-0.2, -0.15) is 23.5 Å². The van der Waals surface area contributed by atoms with Crippen LogP contribution in [0.25, 0.3) is 11.0 Å². The molecular weight excluding hydrogens is 419 g/mol. The summed E-state index contributed by atoms with van der Waals surface area (Å²) >= 11 is 0. The third-order valence-corrected chi connectivity index (χ3v) is 6.40. The van der Waals surface area contributed by atoms with Crippen LogP contribution in [0.5, 0.6) is 0 Å². The van der Waals surface area contributed by atoms with Gasteiger partial charge in [-0.05, 0) is 37.1 Å². The highest BCUT2D eigenvalue weighted by atomic mass is 19.4. The van der Waals surface area contributed by atoms with Gasteiger partial charge in [-0.1, -0.05) is 12.1 Å². The fourth-order valence-electron chi connectivity index (χ4n) is 5.00. The molecule has 1 spiro atoms. The Morgan fingerprint density at radius 2 is 1.97 bits per heavy atom. The van der Waals surface area contributed by atoms with Crippen LogP contribution in [0.4, 0.5) is 19.0 Å². The molecule has 1 aromatic carbocycles. The van der Waals surface area contributed by atoms with E-state index in [2.05, 4.69) is 30.9 Å². The number of fused-ring (bicyclic) bond motifs is 1. The SMILES string of the molecule is N#Cc1cccc(CN2CCC3(CCN(c4ncnc5nn(CC(F)(F)F)cc45)C3)C2)c1. The lowest BCUT2D eigenvalue weighted by molar-refractivity contribution is -0.142. The number of nitriles is 1. The van der Waals surface area contributed by atoms with E-state index >= 15 is 0 Å². The maximum Gasteiger partial charge on any atom is 0.408 e. The van der Waals surface area contributed by atoms with Gasteiger partial charge in [0.2, 0.25) is 0 Å². The molecule has 0 amide bonds. The summed E-state index contributed by atoms with van der Waals surface area (Å²) in [6.45, 7) is 3.19. The summed E-state index contributed by atoms with van der Waals surface area (Å²) in [5.41, 5.74) is 2.21. The van der Waals surface area contributed by atoms with Crippen LogP contribution in [0, 0.1) is 16.7 Å². The van der Waals surface area contributed by atoms with E-state index in [1.165, 1.54) is 12.5 Å². The number of hydrogen-bond donors (Lipinski definition) is 0. The molecule has 4 heterocycles. The zero-order valence-corrected chi connectivity index (χ0v) is 17.4. The number of hydrogen-bond acceptors (Lipinski definition) is 6. The molecule has 2 aromatic heterocycles. The first kappa shape index (κ1) is 20.7. The molecule has 166 valence electrons. The van der Waals surface area contributed by atoms with Crippen LogP contribution in [-0.2, 0) is 13.1 Å². The molecule has 32 heavy (non-hydrogen) atoms. The van der Waals surface area contributed by atoms with E-state index in [9.17, 15) is 13.2 Å². The van der Waals surface area contributed by atoms with Gasteiger partial charge in [-0.3, -0.25) is 9.58 Å². The first-order chi connectivity index (χ1) is 15.3. The Bertz CT molecular complexity index is 1180. The Morgan fingerprint density at radius 3 is 2.78 bits per heavy atom. The highest BCUT2D eigenvalue weighted by molar-refractivity contribution is 5.86. The molecule has 2 aliphatic heterocycles. The molecule has 0 aliphatic carbocycles. The molecular formula is C22H22F3N7. The maximum absolute atomic E-state index is 12.8. The van der Waals surface area contributed by atoms with Gasteiger partial charge in [0.05, 0.1) is 17.0 Å². The number of aromatic nitrogens is 4. The lowest BCUT2D eigenvalue weighted by atomic mass is 9.86. The highest BCUT2D eigenvalue weighted by Crippen LogP contribution is 2.42. The molecule has 0 saturated carbocycles. The zero-order valence-electron chi connectivity index (χ0n) is 17.4. The number of benzene rings is 1. The highest BCUT2D eigenvalue weighted by Gasteiger charge is 2.44. The van der Waals surface area contributed by atoms with Crippen molar-refractivity contribution in [3.05, 3.63) is 47.9 Å². The lowest BCUT2D eigenvalue weighted by Gasteiger charge is -2.25. The van der Waals surface area contributed by atoms with Crippen molar-refractivity contribution in [2.75, 3.05) is 31.1 Å². The van der Waals surface area contributed by atoms with Crippen LogP contribution < -0.4 is 4.90 Å². The second-order valence-corrected chi connectivity index (χ2v) is 8.82. The summed E-state index contributed by atoms with van der Waals surface area (Å²) in [5.74, 6) is 0.653. The Labute approximate surface area is 183 Å². The first-order valence-corrected chi connectivity index (χ1v) is 10.5. The van der Waals surface area contributed by atoms with Crippen molar-refractivity contribution >= 4 is 16.9 Å². The largest absolute Gasteiger partial charge is 0.408 e. The standard InChI is InChI=1S/C22H22F3N7/c23-22(24,25)14-32-11-18-19(29-32)27-15-28-20(18)31-7-5-21(13-31)4-6-30(12-21)10-17-3-1-2-16(8-17)9-26/h1-3,8,11,15H,4-7,10,12-14H2. The second kappa shape index (κ2) is 7.74. The van der Waals surface area contributed by atoms with E-state index in [4.69, 9.17) is 5.26 Å². The molecule has 3 aromatic rings. The maximum atomic E-state index is 12.8. The fraction of sp³-hybridized carbons (Fsp3) is 0.455. The smallest absolute Gasteiger partial charge is 0.355 e. The molecule has 2 fully saturated rings. The topological polar surface area (TPSA) is 73.9 Å². The van der Waals surface area contributed by atoms with Gasteiger partial charge >= 0.3 is 6.18 Å².